The van der Waals surface area contributed by atoms with Crippen molar-refractivity contribution in [3.8, 4) is 5.75 Å². The number of amides is 1. The van der Waals surface area contributed by atoms with Crippen molar-refractivity contribution in [3.63, 3.8) is 0 Å². The van der Waals surface area contributed by atoms with Crippen LogP contribution >= 0.6 is 11.3 Å². The predicted octanol–water partition coefficient (Wildman–Crippen LogP) is 4.23. The molecule has 0 bridgehead atoms. The summed E-state index contributed by atoms with van der Waals surface area (Å²) in [6, 6.07) is 19.8. The van der Waals surface area contributed by atoms with Crippen LogP contribution in [0.25, 0.3) is 10.2 Å². The largest absolute Gasteiger partial charge is 0.492 e. The van der Waals surface area contributed by atoms with Gasteiger partial charge in [-0.05, 0) is 62.4 Å². The number of para-hydroxylation sites is 2. The van der Waals surface area contributed by atoms with Crippen molar-refractivity contribution in [2.24, 2.45) is 4.99 Å². The Labute approximate surface area is 224 Å². The Bertz CT molecular complexity index is 1630. The van der Waals surface area contributed by atoms with Crippen LogP contribution in [-0.2, 0) is 26.1 Å². The lowest BCUT2D eigenvalue weighted by Gasteiger charge is -2.19. The van der Waals surface area contributed by atoms with Crippen LogP contribution < -0.4 is 13.8 Å². The average molecular weight is 554 g/mol. The standard InChI is InChI=1S/C27H27N3O6S2/c1-4-35-22-12-9-13-23-25(22)30(18-24(31)36-5-2)27(37-23)28-26(32)19-14-16-21(17-15-19)38(33,34)29(3)20-10-7-6-8-11-20/h6-17H,4-5,18H2,1-3H3. The van der Waals surface area contributed by atoms with E-state index in [1.165, 1.54) is 47.0 Å². The fourth-order valence-corrected chi connectivity index (χ4v) is 6.03. The zero-order valence-electron chi connectivity index (χ0n) is 21.2. The smallest absolute Gasteiger partial charge is 0.326 e. The molecule has 198 valence electrons. The second kappa shape index (κ2) is 11.6. The molecule has 1 aromatic heterocycles. The summed E-state index contributed by atoms with van der Waals surface area (Å²) in [4.78, 5) is 30.1. The molecule has 3 aromatic carbocycles. The Morgan fingerprint density at radius 2 is 1.66 bits per heavy atom. The number of aromatic nitrogens is 1. The van der Waals surface area contributed by atoms with E-state index < -0.39 is 21.9 Å². The lowest BCUT2D eigenvalue weighted by atomic mass is 10.2. The van der Waals surface area contributed by atoms with Gasteiger partial charge in [-0.25, -0.2) is 8.42 Å². The summed E-state index contributed by atoms with van der Waals surface area (Å²) < 4.78 is 40.5. The number of hydrogen-bond acceptors (Lipinski definition) is 7. The van der Waals surface area contributed by atoms with Crippen LogP contribution in [0.2, 0.25) is 0 Å². The van der Waals surface area contributed by atoms with Crippen LogP contribution in [0.3, 0.4) is 0 Å². The zero-order valence-corrected chi connectivity index (χ0v) is 22.8. The molecule has 0 N–H and O–H groups in total. The van der Waals surface area contributed by atoms with Crippen LogP contribution in [-0.4, -0.2) is 45.1 Å². The molecule has 0 spiro atoms. The first-order chi connectivity index (χ1) is 18.3. The van der Waals surface area contributed by atoms with Crippen molar-refractivity contribution >= 4 is 49.1 Å². The zero-order chi connectivity index (χ0) is 27.3. The van der Waals surface area contributed by atoms with Gasteiger partial charge in [0, 0.05) is 12.6 Å². The molecule has 9 nitrogen and oxygen atoms in total. The first-order valence-corrected chi connectivity index (χ1v) is 14.2. The topological polar surface area (TPSA) is 107 Å². The van der Waals surface area contributed by atoms with Gasteiger partial charge in [0.1, 0.15) is 17.8 Å². The summed E-state index contributed by atoms with van der Waals surface area (Å²) >= 11 is 1.24. The Kier molecular flexibility index (Phi) is 8.28. The van der Waals surface area contributed by atoms with E-state index >= 15 is 0 Å². The number of nitrogens with zero attached hydrogens (tertiary/aromatic N) is 3. The summed E-state index contributed by atoms with van der Waals surface area (Å²) in [6.45, 7) is 4.08. The molecule has 0 saturated heterocycles. The van der Waals surface area contributed by atoms with Gasteiger partial charge < -0.3 is 14.0 Å². The minimum absolute atomic E-state index is 0.0426. The fraction of sp³-hybridized carbons (Fsp3) is 0.222. The normalized spacial score (nSPS) is 11.9. The molecular formula is C27H27N3O6S2. The molecule has 1 amide bonds. The van der Waals surface area contributed by atoms with Gasteiger partial charge in [-0.15, -0.1) is 0 Å². The van der Waals surface area contributed by atoms with Gasteiger partial charge in [0.15, 0.2) is 4.80 Å². The maximum atomic E-state index is 13.1. The lowest BCUT2D eigenvalue weighted by molar-refractivity contribution is -0.143. The van der Waals surface area contributed by atoms with E-state index in [1.54, 1.807) is 47.9 Å². The van der Waals surface area contributed by atoms with Crippen LogP contribution in [0.4, 0.5) is 5.69 Å². The van der Waals surface area contributed by atoms with Gasteiger partial charge in [0.05, 0.1) is 28.5 Å². The number of carbonyl (C=O) groups is 2. The monoisotopic (exact) mass is 553 g/mol. The predicted molar refractivity (Wildman–Crippen MR) is 146 cm³/mol. The maximum Gasteiger partial charge on any atom is 0.326 e. The molecular weight excluding hydrogens is 526 g/mol. The van der Waals surface area contributed by atoms with E-state index in [2.05, 4.69) is 4.99 Å². The van der Waals surface area contributed by atoms with Crippen LogP contribution in [0.1, 0.15) is 24.2 Å². The maximum absolute atomic E-state index is 13.1. The van der Waals surface area contributed by atoms with E-state index in [0.717, 1.165) is 4.70 Å². The number of thiazole rings is 1. The second-order valence-corrected chi connectivity index (χ2v) is 11.0. The summed E-state index contributed by atoms with van der Waals surface area (Å²) in [7, 11) is -2.35. The highest BCUT2D eigenvalue weighted by Gasteiger charge is 2.22. The summed E-state index contributed by atoms with van der Waals surface area (Å²) in [6.07, 6.45) is 0. The minimum atomic E-state index is -3.82. The molecule has 0 fully saturated rings. The summed E-state index contributed by atoms with van der Waals surface area (Å²) in [5.74, 6) is -0.478. The molecule has 0 aliphatic heterocycles. The van der Waals surface area contributed by atoms with Gasteiger partial charge in [0.2, 0.25) is 0 Å². The number of carbonyl (C=O) groups excluding carboxylic acids is 2. The molecule has 0 unspecified atom stereocenters. The molecule has 1 heterocycles. The molecule has 4 rings (SSSR count). The Balaban J connectivity index is 1.70. The number of hydrogen-bond donors (Lipinski definition) is 0. The number of sulfonamides is 1. The number of esters is 1. The third-order valence-electron chi connectivity index (χ3n) is 5.63. The minimum Gasteiger partial charge on any atom is -0.492 e. The quantitative estimate of drug-likeness (QED) is 0.287. The molecule has 0 aliphatic rings. The molecule has 4 aromatic rings. The van der Waals surface area contributed by atoms with Crippen LogP contribution in [0.5, 0.6) is 5.75 Å². The van der Waals surface area contributed by atoms with Gasteiger partial charge in [-0.2, -0.15) is 4.99 Å². The Morgan fingerprint density at radius 3 is 2.32 bits per heavy atom. The van der Waals surface area contributed by atoms with Gasteiger partial charge in [-0.1, -0.05) is 35.6 Å². The van der Waals surface area contributed by atoms with Crippen molar-refractivity contribution in [2.45, 2.75) is 25.3 Å². The van der Waals surface area contributed by atoms with Gasteiger partial charge in [0.25, 0.3) is 15.9 Å². The van der Waals surface area contributed by atoms with Gasteiger partial charge >= 0.3 is 5.97 Å². The van der Waals surface area contributed by atoms with Crippen molar-refractivity contribution < 1.29 is 27.5 Å². The van der Waals surface area contributed by atoms with Gasteiger partial charge in [-0.3, -0.25) is 13.9 Å². The van der Waals surface area contributed by atoms with Crippen molar-refractivity contribution in [3.05, 3.63) is 83.2 Å². The molecule has 0 saturated carbocycles. The van der Waals surface area contributed by atoms with E-state index in [0.29, 0.717) is 28.4 Å². The van der Waals surface area contributed by atoms with E-state index in [1.807, 2.05) is 19.1 Å². The third-order valence-corrected chi connectivity index (χ3v) is 8.48. The number of benzene rings is 3. The van der Waals surface area contributed by atoms with Crippen molar-refractivity contribution in [1.29, 1.82) is 0 Å². The first kappa shape index (κ1) is 27.1. The Hall–Kier alpha value is -3.96. The molecule has 0 aliphatic carbocycles. The van der Waals surface area contributed by atoms with E-state index in [4.69, 9.17) is 9.47 Å². The SMILES string of the molecule is CCOC(=O)Cn1c(=NC(=O)c2ccc(S(=O)(=O)N(C)c3ccccc3)cc2)sc2cccc(OCC)c21. The summed E-state index contributed by atoms with van der Waals surface area (Å²) in [5.41, 5.74) is 1.37. The Morgan fingerprint density at radius 1 is 0.947 bits per heavy atom. The first-order valence-electron chi connectivity index (χ1n) is 11.9. The molecule has 0 radical (unpaired) electrons. The fourth-order valence-electron chi connectivity index (χ4n) is 3.79. The average Bonchev–Trinajstić information content (AvgIpc) is 3.26. The molecule has 0 atom stereocenters. The number of anilines is 1. The lowest BCUT2D eigenvalue weighted by Crippen LogP contribution is -2.26. The van der Waals surface area contributed by atoms with E-state index in [9.17, 15) is 18.0 Å². The highest BCUT2D eigenvalue weighted by atomic mass is 32.2. The molecule has 38 heavy (non-hydrogen) atoms. The second-order valence-electron chi connectivity index (χ2n) is 8.06. The summed E-state index contributed by atoms with van der Waals surface area (Å²) in [5, 5.41) is 0. The molecule has 11 heteroatoms. The number of ether oxygens (including phenoxy) is 2. The third kappa shape index (κ3) is 5.63. The van der Waals surface area contributed by atoms with Crippen LogP contribution in [0.15, 0.2) is 82.7 Å². The van der Waals surface area contributed by atoms with Crippen molar-refractivity contribution in [1.82, 2.24) is 4.57 Å². The number of rotatable bonds is 9. The number of fused-ring (bicyclic) bond motifs is 1. The highest BCUT2D eigenvalue weighted by molar-refractivity contribution is 7.92. The van der Waals surface area contributed by atoms with E-state index in [-0.39, 0.29) is 23.6 Å². The highest BCUT2D eigenvalue weighted by Crippen LogP contribution is 2.28. The van der Waals surface area contributed by atoms with Crippen LogP contribution in [0, 0.1) is 0 Å². The van der Waals surface area contributed by atoms with Crippen molar-refractivity contribution in [2.75, 3.05) is 24.6 Å².